The van der Waals surface area contributed by atoms with E-state index in [0.29, 0.717) is 23.7 Å². The van der Waals surface area contributed by atoms with Crippen molar-refractivity contribution in [2.75, 3.05) is 23.7 Å². The summed E-state index contributed by atoms with van der Waals surface area (Å²) in [7, 11) is 0. The Hall–Kier alpha value is -2.47. The van der Waals surface area contributed by atoms with Crippen LogP contribution in [0.15, 0.2) is 42.7 Å². The minimum Gasteiger partial charge on any atom is -0.370 e. The van der Waals surface area contributed by atoms with Crippen LogP contribution in [-0.4, -0.2) is 29.0 Å². The molecular weight excluding hydrogens is 254 g/mol. The first-order chi connectivity index (χ1) is 9.79. The molecule has 0 bridgehead atoms. The van der Waals surface area contributed by atoms with E-state index in [9.17, 15) is 4.79 Å². The number of pyridine rings is 2. The first-order valence-corrected chi connectivity index (χ1v) is 6.42. The average molecular weight is 271 g/mol. The van der Waals surface area contributed by atoms with Crippen LogP contribution >= 0.6 is 0 Å². The van der Waals surface area contributed by atoms with Crippen molar-refractivity contribution in [3.8, 4) is 0 Å². The van der Waals surface area contributed by atoms with Crippen molar-refractivity contribution in [3.05, 3.63) is 48.4 Å². The maximum atomic E-state index is 12.1. The fourth-order valence-corrected chi connectivity index (χ4v) is 1.61. The minimum atomic E-state index is -0.251. The molecule has 6 heteroatoms. The number of nitrogens with zero attached hydrogens (tertiary/aromatic N) is 2. The number of carbonyl (C=O) groups excluding carboxylic acids is 1. The Morgan fingerprint density at radius 1 is 1.20 bits per heavy atom. The van der Waals surface area contributed by atoms with Gasteiger partial charge in [0.25, 0.3) is 5.91 Å². The zero-order valence-corrected chi connectivity index (χ0v) is 11.0. The van der Waals surface area contributed by atoms with Crippen molar-refractivity contribution < 1.29 is 4.79 Å². The molecule has 6 nitrogen and oxygen atoms in total. The Kier molecular flexibility index (Phi) is 5.02. The monoisotopic (exact) mass is 271 g/mol. The number of rotatable bonds is 6. The summed E-state index contributed by atoms with van der Waals surface area (Å²) in [5, 5.41) is 5.89. The molecule has 4 N–H and O–H groups in total. The molecule has 2 rings (SSSR count). The third-order valence-electron chi connectivity index (χ3n) is 2.61. The molecule has 2 aromatic rings. The Morgan fingerprint density at radius 2 is 2.00 bits per heavy atom. The molecule has 2 heterocycles. The van der Waals surface area contributed by atoms with E-state index in [-0.39, 0.29) is 5.91 Å². The molecule has 0 spiro atoms. The van der Waals surface area contributed by atoms with Crippen LogP contribution in [0, 0.1) is 0 Å². The predicted molar refractivity (Wildman–Crippen MR) is 78.6 cm³/mol. The summed E-state index contributed by atoms with van der Waals surface area (Å²) < 4.78 is 0. The third kappa shape index (κ3) is 4.03. The van der Waals surface area contributed by atoms with E-state index in [1.54, 1.807) is 36.7 Å². The molecule has 0 saturated carbocycles. The molecule has 0 aromatic carbocycles. The quantitative estimate of drug-likeness (QED) is 0.692. The van der Waals surface area contributed by atoms with Gasteiger partial charge >= 0.3 is 0 Å². The third-order valence-corrected chi connectivity index (χ3v) is 2.61. The van der Waals surface area contributed by atoms with Crippen LogP contribution in [0.3, 0.4) is 0 Å². The van der Waals surface area contributed by atoms with Gasteiger partial charge in [0, 0.05) is 24.6 Å². The van der Waals surface area contributed by atoms with Gasteiger partial charge in [-0.05, 0) is 37.2 Å². The van der Waals surface area contributed by atoms with Gasteiger partial charge < -0.3 is 16.4 Å². The molecular formula is C14H17N5O. The van der Waals surface area contributed by atoms with E-state index in [0.717, 1.165) is 13.0 Å². The summed E-state index contributed by atoms with van der Waals surface area (Å²) >= 11 is 0. The van der Waals surface area contributed by atoms with Gasteiger partial charge in [-0.3, -0.25) is 9.78 Å². The number of hydrogen-bond donors (Lipinski definition) is 3. The van der Waals surface area contributed by atoms with E-state index < -0.39 is 0 Å². The highest BCUT2D eigenvalue weighted by molar-refractivity contribution is 6.03. The molecule has 0 radical (unpaired) electrons. The predicted octanol–water partition coefficient (Wildman–Crippen LogP) is 1.49. The van der Waals surface area contributed by atoms with Crippen LogP contribution in [0.1, 0.15) is 16.9 Å². The number of amides is 1. The van der Waals surface area contributed by atoms with Crippen molar-refractivity contribution in [1.29, 1.82) is 0 Å². The highest BCUT2D eigenvalue weighted by Crippen LogP contribution is 2.09. The fourth-order valence-electron chi connectivity index (χ4n) is 1.61. The molecule has 0 fully saturated rings. The van der Waals surface area contributed by atoms with Crippen LogP contribution < -0.4 is 16.4 Å². The Balaban J connectivity index is 2.01. The standard InChI is InChI=1S/C14H17N5O/c15-7-2-8-17-13-4-1-3-12(19-13)14(20)18-11-5-9-16-10-6-11/h1,3-6,9-10H,2,7-8,15H2,(H,17,19)(H,16,18,20). The van der Waals surface area contributed by atoms with Gasteiger partial charge in [-0.2, -0.15) is 0 Å². The lowest BCUT2D eigenvalue weighted by Crippen LogP contribution is -2.15. The Morgan fingerprint density at radius 3 is 2.75 bits per heavy atom. The van der Waals surface area contributed by atoms with Gasteiger partial charge in [0.15, 0.2) is 0 Å². The summed E-state index contributed by atoms with van der Waals surface area (Å²) in [5.41, 5.74) is 6.48. The highest BCUT2D eigenvalue weighted by Gasteiger charge is 2.08. The zero-order valence-electron chi connectivity index (χ0n) is 11.0. The second-order valence-corrected chi connectivity index (χ2v) is 4.17. The number of carbonyl (C=O) groups is 1. The summed E-state index contributed by atoms with van der Waals surface area (Å²) in [6, 6.07) is 8.73. The molecule has 0 saturated heterocycles. The summed E-state index contributed by atoms with van der Waals surface area (Å²) in [4.78, 5) is 20.2. The summed E-state index contributed by atoms with van der Waals surface area (Å²) in [6.45, 7) is 1.36. The lowest BCUT2D eigenvalue weighted by Gasteiger charge is -2.07. The van der Waals surface area contributed by atoms with Crippen LogP contribution in [0.5, 0.6) is 0 Å². The van der Waals surface area contributed by atoms with E-state index in [1.807, 2.05) is 6.07 Å². The molecule has 0 atom stereocenters. The smallest absolute Gasteiger partial charge is 0.274 e. The highest BCUT2D eigenvalue weighted by atomic mass is 16.1. The van der Waals surface area contributed by atoms with Gasteiger partial charge in [0.1, 0.15) is 11.5 Å². The largest absolute Gasteiger partial charge is 0.370 e. The van der Waals surface area contributed by atoms with Crippen molar-refractivity contribution in [3.63, 3.8) is 0 Å². The van der Waals surface area contributed by atoms with E-state index in [2.05, 4.69) is 20.6 Å². The van der Waals surface area contributed by atoms with Crippen molar-refractivity contribution in [2.24, 2.45) is 5.73 Å². The normalized spacial score (nSPS) is 10.1. The Labute approximate surface area is 117 Å². The molecule has 104 valence electrons. The van der Waals surface area contributed by atoms with Crippen LogP contribution in [0.25, 0.3) is 0 Å². The number of anilines is 2. The van der Waals surface area contributed by atoms with Crippen LogP contribution in [-0.2, 0) is 0 Å². The van der Waals surface area contributed by atoms with Gasteiger partial charge in [-0.1, -0.05) is 6.07 Å². The van der Waals surface area contributed by atoms with E-state index >= 15 is 0 Å². The van der Waals surface area contributed by atoms with Crippen molar-refractivity contribution in [2.45, 2.75) is 6.42 Å². The minimum absolute atomic E-state index is 0.251. The van der Waals surface area contributed by atoms with Crippen molar-refractivity contribution in [1.82, 2.24) is 9.97 Å². The molecule has 0 aliphatic carbocycles. The average Bonchev–Trinajstić information content (AvgIpc) is 2.49. The molecule has 20 heavy (non-hydrogen) atoms. The molecule has 0 aliphatic rings. The van der Waals surface area contributed by atoms with Gasteiger partial charge in [-0.25, -0.2) is 4.98 Å². The lowest BCUT2D eigenvalue weighted by molar-refractivity contribution is 0.102. The number of hydrogen-bond acceptors (Lipinski definition) is 5. The molecule has 2 aromatic heterocycles. The molecule has 1 amide bonds. The number of nitrogens with one attached hydrogen (secondary N) is 2. The SMILES string of the molecule is NCCCNc1cccc(C(=O)Nc2ccncc2)n1. The van der Waals surface area contributed by atoms with E-state index in [1.165, 1.54) is 0 Å². The molecule has 0 unspecified atom stereocenters. The van der Waals surface area contributed by atoms with Crippen molar-refractivity contribution >= 4 is 17.4 Å². The maximum absolute atomic E-state index is 12.1. The first-order valence-electron chi connectivity index (χ1n) is 6.42. The second kappa shape index (κ2) is 7.20. The van der Waals surface area contributed by atoms with Gasteiger partial charge in [0.05, 0.1) is 0 Å². The first kappa shape index (κ1) is 14.0. The number of nitrogens with two attached hydrogens (primary N) is 1. The number of aromatic nitrogens is 2. The van der Waals surface area contributed by atoms with Crippen LogP contribution in [0.4, 0.5) is 11.5 Å². The van der Waals surface area contributed by atoms with E-state index in [4.69, 9.17) is 5.73 Å². The van der Waals surface area contributed by atoms with Gasteiger partial charge in [-0.15, -0.1) is 0 Å². The maximum Gasteiger partial charge on any atom is 0.274 e. The lowest BCUT2D eigenvalue weighted by atomic mass is 10.3. The summed E-state index contributed by atoms with van der Waals surface area (Å²) in [5.74, 6) is 0.416. The Bertz CT molecular complexity index is 559. The molecule has 0 aliphatic heterocycles. The summed E-state index contributed by atoms with van der Waals surface area (Å²) in [6.07, 6.45) is 4.09. The topological polar surface area (TPSA) is 92.9 Å². The fraction of sp³-hybridized carbons (Fsp3) is 0.214. The van der Waals surface area contributed by atoms with Crippen LogP contribution in [0.2, 0.25) is 0 Å². The zero-order chi connectivity index (χ0) is 14.2. The van der Waals surface area contributed by atoms with Gasteiger partial charge in [0.2, 0.25) is 0 Å². The second-order valence-electron chi connectivity index (χ2n) is 4.17.